The van der Waals surface area contributed by atoms with Crippen LogP contribution in [0.3, 0.4) is 0 Å². The Labute approximate surface area is 163 Å². The Hall–Kier alpha value is -3.86. The van der Waals surface area contributed by atoms with Gasteiger partial charge in [-0.3, -0.25) is 14.4 Å². The van der Waals surface area contributed by atoms with Crippen LogP contribution in [-0.4, -0.2) is 52.1 Å². The first-order valence-electron chi connectivity index (χ1n) is 8.49. The summed E-state index contributed by atoms with van der Waals surface area (Å²) in [7, 11) is 1.58. The number of aromatic amines is 1. The van der Waals surface area contributed by atoms with Gasteiger partial charge < -0.3 is 26.0 Å². The molecule has 0 radical (unpaired) electrons. The molecule has 10 nitrogen and oxygen atoms in total. The van der Waals surface area contributed by atoms with Crippen molar-refractivity contribution >= 4 is 34.1 Å². The van der Waals surface area contributed by atoms with E-state index in [0.717, 1.165) is 0 Å². The molecular formula is C18H17FN6O4. The average Bonchev–Trinajstić information content (AvgIpc) is 2.71. The second-order valence-corrected chi connectivity index (χ2v) is 5.91. The van der Waals surface area contributed by atoms with Gasteiger partial charge in [0.15, 0.2) is 0 Å². The van der Waals surface area contributed by atoms with Crippen LogP contribution in [0.15, 0.2) is 35.4 Å². The zero-order chi connectivity index (χ0) is 21.0. The summed E-state index contributed by atoms with van der Waals surface area (Å²) in [4.78, 5) is 46.7. The van der Waals surface area contributed by atoms with Crippen LogP contribution in [0.2, 0.25) is 0 Å². The lowest BCUT2D eigenvalue weighted by Crippen LogP contribution is -2.28. The lowest BCUT2D eigenvalue weighted by Gasteiger charge is -2.09. The number of hydrogen-bond acceptors (Lipinski definition) is 7. The third-order valence-corrected chi connectivity index (χ3v) is 3.94. The van der Waals surface area contributed by atoms with Crippen LogP contribution in [-0.2, 0) is 0 Å². The Morgan fingerprint density at radius 1 is 1.17 bits per heavy atom. The van der Waals surface area contributed by atoms with Gasteiger partial charge in [0.05, 0.1) is 35.9 Å². The first-order valence-corrected chi connectivity index (χ1v) is 8.49. The van der Waals surface area contributed by atoms with E-state index in [1.807, 2.05) is 0 Å². The van der Waals surface area contributed by atoms with Crippen LogP contribution in [0.1, 0.15) is 21.0 Å². The molecule has 0 unspecified atom stereocenters. The molecule has 0 aliphatic heterocycles. The zero-order valence-corrected chi connectivity index (χ0v) is 15.2. The molecule has 11 heteroatoms. The number of carbonyl (C=O) groups is 2. The van der Waals surface area contributed by atoms with Crippen molar-refractivity contribution in [3.63, 3.8) is 0 Å². The molecule has 29 heavy (non-hydrogen) atoms. The molecule has 2 heterocycles. The number of fused-ring (bicyclic) bond motifs is 1. The highest BCUT2D eigenvalue weighted by molar-refractivity contribution is 6.06. The number of H-pyrrole nitrogens is 1. The summed E-state index contributed by atoms with van der Waals surface area (Å²) in [6.07, 6.45) is 2.40. The van der Waals surface area contributed by atoms with Crippen LogP contribution in [0.4, 0.5) is 15.8 Å². The van der Waals surface area contributed by atoms with Gasteiger partial charge in [-0.05, 0) is 18.2 Å². The fraction of sp³-hybridized carbons (Fsp3) is 0.167. The van der Waals surface area contributed by atoms with E-state index >= 15 is 0 Å². The summed E-state index contributed by atoms with van der Waals surface area (Å²) >= 11 is 0. The van der Waals surface area contributed by atoms with Crippen molar-refractivity contribution in [2.45, 2.75) is 0 Å². The van der Waals surface area contributed by atoms with Crippen molar-refractivity contribution in [2.24, 2.45) is 0 Å². The number of anilines is 2. The van der Waals surface area contributed by atoms with E-state index in [0.29, 0.717) is 16.6 Å². The van der Waals surface area contributed by atoms with E-state index in [-0.39, 0.29) is 30.2 Å². The Morgan fingerprint density at radius 3 is 2.55 bits per heavy atom. The number of nitrogens with one attached hydrogen (secondary N) is 4. The Morgan fingerprint density at radius 2 is 1.90 bits per heavy atom. The highest BCUT2D eigenvalue weighted by Gasteiger charge is 2.15. The van der Waals surface area contributed by atoms with Gasteiger partial charge in [-0.1, -0.05) is 0 Å². The van der Waals surface area contributed by atoms with Gasteiger partial charge in [-0.25, -0.2) is 14.4 Å². The number of halogens is 1. The van der Waals surface area contributed by atoms with E-state index in [2.05, 4.69) is 30.9 Å². The molecule has 3 rings (SSSR count). The summed E-state index contributed by atoms with van der Waals surface area (Å²) in [5.41, 5.74) is 0.0295. The molecule has 0 atom stereocenters. The molecule has 5 N–H and O–H groups in total. The largest absolute Gasteiger partial charge is 0.395 e. The highest BCUT2D eigenvalue weighted by Crippen LogP contribution is 2.22. The summed E-state index contributed by atoms with van der Waals surface area (Å²) in [6, 6.07) is 3.71. The van der Waals surface area contributed by atoms with Gasteiger partial charge in [-0.15, -0.1) is 0 Å². The third-order valence-electron chi connectivity index (χ3n) is 3.94. The first-order chi connectivity index (χ1) is 13.9. The number of hydrogen-bond donors (Lipinski definition) is 5. The van der Waals surface area contributed by atoms with Crippen molar-refractivity contribution in [3.8, 4) is 0 Å². The number of aliphatic hydroxyl groups excluding tert-OH is 1. The fourth-order valence-electron chi connectivity index (χ4n) is 2.61. The number of nitrogens with zero attached hydrogens (tertiary/aromatic N) is 2. The van der Waals surface area contributed by atoms with Crippen molar-refractivity contribution in [1.82, 2.24) is 20.3 Å². The maximum atomic E-state index is 13.7. The second kappa shape index (κ2) is 8.44. The van der Waals surface area contributed by atoms with E-state index in [1.54, 1.807) is 7.05 Å². The van der Waals surface area contributed by atoms with Gasteiger partial charge in [-0.2, -0.15) is 0 Å². The Kier molecular flexibility index (Phi) is 5.79. The topological polar surface area (TPSA) is 149 Å². The third kappa shape index (κ3) is 4.35. The minimum Gasteiger partial charge on any atom is -0.395 e. The lowest BCUT2D eigenvalue weighted by atomic mass is 10.1. The molecule has 2 amide bonds. The van der Waals surface area contributed by atoms with Crippen LogP contribution >= 0.6 is 0 Å². The maximum absolute atomic E-state index is 13.7. The van der Waals surface area contributed by atoms with Gasteiger partial charge in [0.2, 0.25) is 5.82 Å². The number of benzene rings is 1. The number of carbonyl (C=O) groups excluding carboxylic acids is 2. The smallest absolute Gasteiger partial charge is 0.289 e. The van der Waals surface area contributed by atoms with E-state index in [1.165, 1.54) is 30.6 Å². The van der Waals surface area contributed by atoms with Crippen LogP contribution in [0.5, 0.6) is 0 Å². The van der Waals surface area contributed by atoms with Crippen molar-refractivity contribution in [3.05, 3.63) is 58.2 Å². The van der Waals surface area contributed by atoms with Crippen molar-refractivity contribution in [2.75, 3.05) is 30.8 Å². The zero-order valence-electron chi connectivity index (χ0n) is 15.2. The predicted molar refractivity (Wildman–Crippen MR) is 103 cm³/mol. The van der Waals surface area contributed by atoms with Crippen LogP contribution in [0.25, 0.3) is 10.9 Å². The first kappa shape index (κ1) is 19.9. The monoisotopic (exact) mass is 400 g/mol. The maximum Gasteiger partial charge on any atom is 0.289 e. The summed E-state index contributed by atoms with van der Waals surface area (Å²) in [5.74, 6) is -1.99. The molecule has 0 fully saturated rings. The van der Waals surface area contributed by atoms with Gasteiger partial charge in [0.1, 0.15) is 11.4 Å². The quantitative estimate of drug-likeness (QED) is 0.404. The molecule has 0 aliphatic rings. The number of aliphatic hydroxyl groups is 1. The molecule has 1 aromatic carbocycles. The van der Waals surface area contributed by atoms with E-state index in [9.17, 15) is 18.8 Å². The minimum absolute atomic E-state index is 0.0568. The molecule has 0 spiro atoms. The minimum atomic E-state index is -0.746. The van der Waals surface area contributed by atoms with E-state index < -0.39 is 23.2 Å². The van der Waals surface area contributed by atoms with Crippen LogP contribution < -0.4 is 21.5 Å². The predicted octanol–water partition coefficient (Wildman–Crippen LogP) is 0.473. The molecular weight excluding hydrogens is 383 g/mol. The highest BCUT2D eigenvalue weighted by atomic mass is 19.1. The number of aromatic nitrogens is 3. The van der Waals surface area contributed by atoms with E-state index in [4.69, 9.17) is 5.11 Å². The summed E-state index contributed by atoms with van der Waals surface area (Å²) < 4.78 is 13.7. The molecule has 2 aromatic heterocycles. The Bertz CT molecular complexity index is 1130. The SMILES string of the molecule is CNc1cc(F)cc2cc(C(=O)Nc3cnc(C(=O)NCCO)nc3)c(=O)[nH]c12. The number of pyridine rings is 1. The summed E-state index contributed by atoms with van der Waals surface area (Å²) in [5, 5.41) is 16.7. The van der Waals surface area contributed by atoms with Gasteiger partial charge in [0.25, 0.3) is 17.4 Å². The standard InChI is InChI=1S/C18H17FN6O4/c1-20-13-6-10(19)4-9-5-12(17(28)25-14(9)13)16(27)24-11-7-22-15(23-8-11)18(29)21-2-3-26/h4-8,20,26H,2-3H2,1H3,(H,21,29)(H,24,27)(H,25,28). The van der Waals surface area contributed by atoms with Gasteiger partial charge in [0, 0.05) is 19.0 Å². The van der Waals surface area contributed by atoms with Gasteiger partial charge >= 0.3 is 0 Å². The Balaban J connectivity index is 1.83. The molecule has 150 valence electrons. The average molecular weight is 400 g/mol. The van der Waals surface area contributed by atoms with Crippen molar-refractivity contribution < 1.29 is 19.1 Å². The fourth-order valence-corrected chi connectivity index (χ4v) is 2.61. The molecule has 3 aromatic rings. The molecule has 0 saturated carbocycles. The molecule has 0 saturated heterocycles. The molecule has 0 bridgehead atoms. The normalized spacial score (nSPS) is 10.6. The molecule has 0 aliphatic carbocycles. The summed E-state index contributed by atoms with van der Waals surface area (Å²) in [6.45, 7) is -0.165. The second-order valence-electron chi connectivity index (χ2n) is 5.91. The van der Waals surface area contributed by atoms with Crippen molar-refractivity contribution in [1.29, 1.82) is 0 Å². The van der Waals surface area contributed by atoms with Crippen LogP contribution in [0, 0.1) is 5.82 Å². The number of rotatable bonds is 6. The number of amides is 2. The lowest BCUT2D eigenvalue weighted by molar-refractivity contribution is 0.0934.